The second kappa shape index (κ2) is 11.0. The molecule has 1 atom stereocenters. The maximum Gasteiger partial charge on any atom is 0.191 e. The molecule has 1 aliphatic rings. The largest absolute Gasteiger partial charge is 0.379 e. The van der Waals surface area contributed by atoms with Gasteiger partial charge >= 0.3 is 0 Å². The van der Waals surface area contributed by atoms with E-state index < -0.39 is 0 Å². The standard InChI is InChI=1S/C22H33N5O2/c1-23-22(24-11-7-12-28-16-18-8-6-13-29-18)25-15-17-14-21(27(2)3)26-20-10-5-4-9-19(17)20/h4-5,9-10,14,18H,6-8,11-13,15-16H2,1-3H3,(H2,23,24,25). The lowest BCUT2D eigenvalue weighted by molar-refractivity contribution is 0.0168. The van der Waals surface area contributed by atoms with Gasteiger partial charge in [-0.25, -0.2) is 4.98 Å². The first-order valence-corrected chi connectivity index (χ1v) is 10.4. The fourth-order valence-corrected chi connectivity index (χ4v) is 3.38. The Bertz CT molecular complexity index is 803. The van der Waals surface area contributed by atoms with Crippen LogP contribution in [0.1, 0.15) is 24.8 Å². The van der Waals surface area contributed by atoms with Crippen LogP contribution in [0.25, 0.3) is 10.9 Å². The molecular weight excluding hydrogens is 366 g/mol. The van der Waals surface area contributed by atoms with Crippen molar-refractivity contribution < 1.29 is 9.47 Å². The molecule has 2 aromatic rings. The average molecular weight is 400 g/mol. The highest BCUT2D eigenvalue weighted by Gasteiger charge is 2.15. The fourth-order valence-electron chi connectivity index (χ4n) is 3.38. The van der Waals surface area contributed by atoms with Gasteiger partial charge in [-0.15, -0.1) is 0 Å². The summed E-state index contributed by atoms with van der Waals surface area (Å²) in [6.45, 7) is 3.80. The number of hydrogen-bond acceptors (Lipinski definition) is 5. The number of para-hydroxylation sites is 1. The highest BCUT2D eigenvalue weighted by atomic mass is 16.5. The van der Waals surface area contributed by atoms with Gasteiger partial charge < -0.3 is 25.0 Å². The van der Waals surface area contributed by atoms with Crippen LogP contribution < -0.4 is 15.5 Å². The minimum Gasteiger partial charge on any atom is -0.379 e. The molecule has 158 valence electrons. The van der Waals surface area contributed by atoms with Crippen LogP contribution >= 0.6 is 0 Å². The first kappa shape index (κ1) is 21.3. The van der Waals surface area contributed by atoms with Gasteiger partial charge in [0.05, 0.1) is 18.2 Å². The smallest absolute Gasteiger partial charge is 0.191 e. The number of nitrogens with zero attached hydrogens (tertiary/aromatic N) is 3. The Morgan fingerprint density at radius 2 is 2.17 bits per heavy atom. The van der Waals surface area contributed by atoms with Gasteiger partial charge in [0.25, 0.3) is 0 Å². The maximum absolute atomic E-state index is 5.71. The van der Waals surface area contributed by atoms with E-state index in [4.69, 9.17) is 14.5 Å². The van der Waals surface area contributed by atoms with Crippen molar-refractivity contribution in [3.8, 4) is 0 Å². The third-order valence-electron chi connectivity index (χ3n) is 5.00. The van der Waals surface area contributed by atoms with Gasteiger partial charge in [-0.1, -0.05) is 18.2 Å². The Morgan fingerprint density at radius 1 is 1.31 bits per heavy atom. The summed E-state index contributed by atoms with van der Waals surface area (Å²) in [5.74, 6) is 1.74. The van der Waals surface area contributed by atoms with Crippen molar-refractivity contribution in [3.63, 3.8) is 0 Å². The Kier molecular flexibility index (Phi) is 8.07. The van der Waals surface area contributed by atoms with E-state index in [-0.39, 0.29) is 0 Å². The number of anilines is 1. The molecule has 0 aliphatic carbocycles. The van der Waals surface area contributed by atoms with Gasteiger partial charge in [0, 0.05) is 52.8 Å². The third kappa shape index (κ3) is 6.30. The number of benzene rings is 1. The number of aromatic nitrogens is 1. The summed E-state index contributed by atoms with van der Waals surface area (Å²) in [4.78, 5) is 11.1. The summed E-state index contributed by atoms with van der Waals surface area (Å²) in [5.41, 5.74) is 2.20. The Labute approximate surface area is 173 Å². The number of aliphatic imine (C=N–C) groups is 1. The number of nitrogens with one attached hydrogen (secondary N) is 2. The summed E-state index contributed by atoms with van der Waals surface area (Å²) in [7, 11) is 5.81. The van der Waals surface area contributed by atoms with E-state index in [1.807, 2.05) is 31.1 Å². The van der Waals surface area contributed by atoms with Crippen LogP contribution in [-0.2, 0) is 16.0 Å². The van der Waals surface area contributed by atoms with Gasteiger partial charge in [-0.05, 0) is 37.0 Å². The van der Waals surface area contributed by atoms with E-state index >= 15 is 0 Å². The lowest BCUT2D eigenvalue weighted by Crippen LogP contribution is -2.37. The molecule has 0 bridgehead atoms. The van der Waals surface area contributed by atoms with Gasteiger partial charge in [-0.3, -0.25) is 4.99 Å². The maximum atomic E-state index is 5.71. The zero-order chi connectivity index (χ0) is 20.5. The zero-order valence-electron chi connectivity index (χ0n) is 17.8. The molecule has 1 saturated heterocycles. The second-order valence-corrected chi connectivity index (χ2v) is 7.47. The van der Waals surface area contributed by atoms with Crippen molar-refractivity contribution in [3.05, 3.63) is 35.9 Å². The third-order valence-corrected chi connectivity index (χ3v) is 5.00. The fraction of sp³-hybridized carbons (Fsp3) is 0.545. The molecule has 1 aromatic carbocycles. The first-order valence-electron chi connectivity index (χ1n) is 10.4. The molecule has 0 amide bonds. The van der Waals surface area contributed by atoms with E-state index in [2.05, 4.69) is 33.8 Å². The molecule has 7 heteroatoms. The highest BCUT2D eigenvalue weighted by molar-refractivity contribution is 5.85. The van der Waals surface area contributed by atoms with E-state index in [0.717, 1.165) is 61.7 Å². The second-order valence-electron chi connectivity index (χ2n) is 7.47. The molecule has 0 radical (unpaired) electrons. The minimum absolute atomic E-state index is 0.291. The quantitative estimate of drug-likeness (QED) is 0.384. The molecule has 3 rings (SSSR count). The van der Waals surface area contributed by atoms with Gasteiger partial charge in [-0.2, -0.15) is 0 Å². The van der Waals surface area contributed by atoms with Crippen LogP contribution in [0.4, 0.5) is 5.82 Å². The first-order chi connectivity index (χ1) is 14.2. The van der Waals surface area contributed by atoms with Crippen molar-refractivity contribution in [1.29, 1.82) is 0 Å². The normalized spacial score (nSPS) is 16.9. The van der Waals surface area contributed by atoms with Crippen LogP contribution in [0.2, 0.25) is 0 Å². The monoisotopic (exact) mass is 399 g/mol. The molecule has 7 nitrogen and oxygen atoms in total. The summed E-state index contributed by atoms with van der Waals surface area (Å²) in [6.07, 6.45) is 3.49. The Hall–Kier alpha value is -2.38. The van der Waals surface area contributed by atoms with Gasteiger partial charge in [0.15, 0.2) is 5.96 Å². The van der Waals surface area contributed by atoms with Gasteiger partial charge in [0.2, 0.25) is 0 Å². The lowest BCUT2D eigenvalue weighted by Gasteiger charge is -2.17. The summed E-state index contributed by atoms with van der Waals surface area (Å²) < 4.78 is 11.3. The molecule has 2 N–H and O–H groups in total. The average Bonchev–Trinajstić information content (AvgIpc) is 3.25. The highest BCUT2D eigenvalue weighted by Crippen LogP contribution is 2.22. The van der Waals surface area contributed by atoms with E-state index in [9.17, 15) is 0 Å². The van der Waals surface area contributed by atoms with E-state index in [1.165, 1.54) is 5.56 Å². The van der Waals surface area contributed by atoms with Crippen LogP contribution in [0.3, 0.4) is 0 Å². The van der Waals surface area contributed by atoms with Crippen molar-refractivity contribution >= 4 is 22.7 Å². The predicted molar refractivity (Wildman–Crippen MR) is 119 cm³/mol. The van der Waals surface area contributed by atoms with Crippen LogP contribution in [-0.4, -0.2) is 64.6 Å². The minimum atomic E-state index is 0.291. The molecular formula is C22H33N5O2. The van der Waals surface area contributed by atoms with Gasteiger partial charge in [0.1, 0.15) is 5.82 Å². The number of pyridine rings is 1. The number of ether oxygens (including phenoxy) is 2. The summed E-state index contributed by atoms with van der Waals surface area (Å²) in [5, 5.41) is 7.92. The summed E-state index contributed by atoms with van der Waals surface area (Å²) in [6, 6.07) is 10.4. The number of fused-ring (bicyclic) bond motifs is 1. The molecule has 1 aliphatic heterocycles. The Morgan fingerprint density at radius 3 is 2.93 bits per heavy atom. The van der Waals surface area contributed by atoms with Crippen molar-refractivity contribution in [2.24, 2.45) is 4.99 Å². The van der Waals surface area contributed by atoms with Crippen LogP contribution in [0.5, 0.6) is 0 Å². The van der Waals surface area contributed by atoms with Crippen LogP contribution in [0, 0.1) is 0 Å². The van der Waals surface area contributed by atoms with Crippen molar-refractivity contribution in [2.75, 3.05) is 52.4 Å². The topological polar surface area (TPSA) is 71.0 Å². The predicted octanol–water partition coefficient (Wildman–Crippen LogP) is 2.55. The Balaban J connectivity index is 1.46. The van der Waals surface area contributed by atoms with Crippen molar-refractivity contribution in [1.82, 2.24) is 15.6 Å². The van der Waals surface area contributed by atoms with Crippen LogP contribution in [0.15, 0.2) is 35.3 Å². The molecule has 29 heavy (non-hydrogen) atoms. The van der Waals surface area contributed by atoms with E-state index in [1.54, 1.807) is 7.05 Å². The molecule has 2 heterocycles. The zero-order valence-corrected chi connectivity index (χ0v) is 17.8. The number of guanidine groups is 1. The molecule has 1 fully saturated rings. The lowest BCUT2D eigenvalue weighted by atomic mass is 10.1. The summed E-state index contributed by atoms with van der Waals surface area (Å²) >= 11 is 0. The van der Waals surface area contributed by atoms with Crippen molar-refractivity contribution in [2.45, 2.75) is 31.9 Å². The molecule has 1 aromatic heterocycles. The van der Waals surface area contributed by atoms with E-state index in [0.29, 0.717) is 19.3 Å². The molecule has 0 saturated carbocycles. The number of rotatable bonds is 9. The number of hydrogen-bond donors (Lipinski definition) is 2. The molecule has 1 unspecified atom stereocenters. The SMILES string of the molecule is CN=C(NCCCOCC1CCCO1)NCc1cc(N(C)C)nc2ccccc12. The molecule has 0 spiro atoms.